The number of hydrogen-bond donors (Lipinski definition) is 2. The van der Waals surface area contributed by atoms with Crippen molar-refractivity contribution >= 4 is 11.3 Å². The molecule has 0 aromatic carbocycles. The molecule has 1 aliphatic rings. The molecule has 1 fully saturated rings. The van der Waals surface area contributed by atoms with E-state index in [1.54, 1.807) is 12.1 Å². The van der Waals surface area contributed by atoms with Crippen LogP contribution in [0.4, 0.5) is 4.39 Å². The standard InChI is InChI=1S/C20H16FN7O2/c1-10(13-5-14(13)16-4-3-12(6-22)7-23-16)18-24-9-17(21)28(18)27-11(2)15-8-25-20(30)26-19(15)29/h3-4,7-9,13-14H,1,5H2,2H3,(H2,25,26,29,30)/b27-11+/t13-,14+/m1/s1. The van der Waals surface area contributed by atoms with Gasteiger partial charge >= 0.3 is 5.69 Å². The minimum atomic E-state index is -0.708. The van der Waals surface area contributed by atoms with Crippen LogP contribution in [0.5, 0.6) is 0 Å². The number of pyridine rings is 1. The zero-order valence-corrected chi connectivity index (χ0v) is 15.9. The minimum Gasteiger partial charge on any atom is -0.313 e. The van der Waals surface area contributed by atoms with Gasteiger partial charge in [-0.1, -0.05) is 6.58 Å². The third-order valence-corrected chi connectivity index (χ3v) is 4.98. The molecule has 0 bridgehead atoms. The molecule has 0 radical (unpaired) electrons. The third kappa shape index (κ3) is 3.48. The van der Waals surface area contributed by atoms with Crippen LogP contribution in [0.25, 0.3) is 5.57 Å². The van der Waals surface area contributed by atoms with Crippen LogP contribution in [-0.2, 0) is 0 Å². The molecule has 10 heteroatoms. The van der Waals surface area contributed by atoms with E-state index in [1.165, 1.54) is 19.3 Å². The summed E-state index contributed by atoms with van der Waals surface area (Å²) < 4.78 is 15.4. The van der Waals surface area contributed by atoms with Crippen LogP contribution in [0, 0.1) is 23.2 Å². The van der Waals surface area contributed by atoms with Crippen LogP contribution < -0.4 is 11.2 Å². The van der Waals surface area contributed by atoms with Crippen molar-refractivity contribution in [3.8, 4) is 6.07 Å². The van der Waals surface area contributed by atoms with Crippen molar-refractivity contribution in [1.82, 2.24) is 24.6 Å². The lowest BCUT2D eigenvalue weighted by atomic mass is 10.1. The number of aromatic amines is 2. The molecule has 3 aromatic rings. The summed E-state index contributed by atoms with van der Waals surface area (Å²) in [6.45, 7) is 5.59. The Balaban J connectivity index is 1.61. The van der Waals surface area contributed by atoms with E-state index < -0.39 is 17.2 Å². The lowest BCUT2D eigenvalue weighted by Gasteiger charge is -2.07. The number of hydrogen-bond acceptors (Lipinski definition) is 6. The summed E-state index contributed by atoms with van der Waals surface area (Å²) in [5.74, 6) is -0.350. The number of nitriles is 1. The fourth-order valence-corrected chi connectivity index (χ4v) is 3.29. The molecule has 1 aliphatic carbocycles. The summed E-state index contributed by atoms with van der Waals surface area (Å²) in [5, 5.41) is 13.1. The highest BCUT2D eigenvalue weighted by molar-refractivity contribution is 5.98. The Kier molecular flexibility index (Phi) is 4.71. The maximum atomic E-state index is 14.4. The van der Waals surface area contributed by atoms with Crippen LogP contribution in [0.1, 0.15) is 41.9 Å². The van der Waals surface area contributed by atoms with Crippen molar-refractivity contribution < 1.29 is 4.39 Å². The van der Waals surface area contributed by atoms with Gasteiger partial charge in [0, 0.05) is 24.0 Å². The van der Waals surface area contributed by atoms with Crippen molar-refractivity contribution in [2.45, 2.75) is 19.3 Å². The van der Waals surface area contributed by atoms with E-state index in [1.807, 2.05) is 6.07 Å². The predicted octanol–water partition coefficient (Wildman–Crippen LogP) is 1.75. The van der Waals surface area contributed by atoms with Gasteiger partial charge in [-0.15, -0.1) is 0 Å². The molecule has 2 atom stereocenters. The lowest BCUT2D eigenvalue weighted by Crippen LogP contribution is -2.26. The van der Waals surface area contributed by atoms with Crippen LogP contribution in [0.15, 0.2) is 52.0 Å². The maximum absolute atomic E-state index is 14.4. The number of imidazole rings is 1. The first-order valence-electron chi connectivity index (χ1n) is 9.05. The van der Waals surface area contributed by atoms with Crippen molar-refractivity contribution in [3.05, 3.63) is 86.7 Å². The molecule has 2 N–H and O–H groups in total. The van der Waals surface area contributed by atoms with Gasteiger partial charge in [0.05, 0.1) is 23.0 Å². The van der Waals surface area contributed by atoms with Crippen molar-refractivity contribution in [2.75, 3.05) is 0 Å². The molecular formula is C20H16FN7O2. The highest BCUT2D eigenvalue weighted by Gasteiger charge is 2.43. The molecule has 0 unspecified atom stereocenters. The quantitative estimate of drug-likeness (QED) is 0.624. The van der Waals surface area contributed by atoms with Crippen molar-refractivity contribution in [2.24, 2.45) is 11.0 Å². The molecule has 0 aliphatic heterocycles. The van der Waals surface area contributed by atoms with Gasteiger partial charge < -0.3 is 4.98 Å². The van der Waals surface area contributed by atoms with E-state index in [2.05, 4.69) is 31.6 Å². The lowest BCUT2D eigenvalue weighted by molar-refractivity contribution is 0.526. The number of nitrogens with zero attached hydrogens (tertiary/aromatic N) is 5. The maximum Gasteiger partial charge on any atom is 0.325 e. The Hall–Kier alpha value is -4.13. The number of rotatable bonds is 5. The van der Waals surface area contributed by atoms with Gasteiger partial charge in [-0.3, -0.25) is 14.8 Å². The van der Waals surface area contributed by atoms with Crippen LogP contribution >= 0.6 is 0 Å². The summed E-state index contributed by atoms with van der Waals surface area (Å²) in [6, 6.07) is 5.53. The largest absolute Gasteiger partial charge is 0.325 e. The molecule has 4 rings (SSSR count). The number of halogens is 1. The van der Waals surface area contributed by atoms with E-state index in [4.69, 9.17) is 5.26 Å². The Morgan fingerprint density at radius 3 is 2.83 bits per heavy atom. The summed E-state index contributed by atoms with van der Waals surface area (Å²) in [4.78, 5) is 36.0. The van der Waals surface area contributed by atoms with Gasteiger partial charge in [-0.05, 0) is 37.0 Å². The Labute approximate surface area is 169 Å². The third-order valence-electron chi connectivity index (χ3n) is 4.98. The van der Waals surface area contributed by atoms with Crippen molar-refractivity contribution in [3.63, 3.8) is 0 Å². The summed E-state index contributed by atoms with van der Waals surface area (Å²) in [6.07, 6.45) is 4.54. The monoisotopic (exact) mass is 405 g/mol. The van der Waals surface area contributed by atoms with E-state index in [0.717, 1.165) is 23.0 Å². The first-order valence-corrected chi connectivity index (χ1v) is 9.05. The van der Waals surface area contributed by atoms with Gasteiger partial charge in [-0.2, -0.15) is 19.4 Å². The topological polar surface area (TPSA) is 133 Å². The smallest absolute Gasteiger partial charge is 0.313 e. The fourth-order valence-electron chi connectivity index (χ4n) is 3.29. The second kappa shape index (κ2) is 7.36. The first kappa shape index (κ1) is 19.2. The number of nitrogens with one attached hydrogen (secondary N) is 2. The van der Waals surface area contributed by atoms with E-state index >= 15 is 0 Å². The van der Waals surface area contributed by atoms with Gasteiger partial charge in [0.15, 0.2) is 5.82 Å². The number of aromatic nitrogens is 5. The molecule has 9 nitrogen and oxygen atoms in total. The van der Waals surface area contributed by atoms with Gasteiger partial charge in [-0.25, -0.2) is 9.78 Å². The minimum absolute atomic E-state index is 0.0120. The average molecular weight is 405 g/mol. The summed E-state index contributed by atoms with van der Waals surface area (Å²) >= 11 is 0. The molecule has 30 heavy (non-hydrogen) atoms. The van der Waals surface area contributed by atoms with Gasteiger partial charge in [0.25, 0.3) is 5.56 Å². The van der Waals surface area contributed by atoms with Crippen LogP contribution in [0.2, 0.25) is 0 Å². The second-order valence-corrected chi connectivity index (χ2v) is 6.94. The number of allylic oxidation sites excluding steroid dienone is 1. The van der Waals surface area contributed by atoms with E-state index in [9.17, 15) is 14.0 Å². The highest BCUT2D eigenvalue weighted by atomic mass is 19.1. The Morgan fingerprint density at radius 1 is 1.37 bits per heavy atom. The SMILES string of the molecule is C=C(c1ncc(F)n1/N=C(\C)c1c[nH]c(=O)[nH]c1=O)[C@H]1C[C@@H]1c1ccc(C#N)cn1. The molecule has 0 amide bonds. The average Bonchev–Trinajstić information content (AvgIpc) is 3.45. The molecule has 3 heterocycles. The zero-order chi connectivity index (χ0) is 21.4. The van der Waals surface area contributed by atoms with E-state index in [-0.39, 0.29) is 28.9 Å². The molecule has 0 spiro atoms. The zero-order valence-electron chi connectivity index (χ0n) is 15.9. The second-order valence-electron chi connectivity index (χ2n) is 6.94. The molecule has 150 valence electrons. The molecule has 1 saturated carbocycles. The first-order chi connectivity index (χ1) is 14.4. The summed E-state index contributed by atoms with van der Waals surface area (Å²) in [7, 11) is 0. The fraction of sp³-hybridized carbons (Fsp3) is 0.200. The summed E-state index contributed by atoms with van der Waals surface area (Å²) in [5.41, 5.74) is 0.935. The Bertz CT molecular complexity index is 1320. The van der Waals surface area contributed by atoms with Gasteiger partial charge in [0.1, 0.15) is 6.07 Å². The van der Waals surface area contributed by atoms with Crippen molar-refractivity contribution in [1.29, 1.82) is 5.26 Å². The van der Waals surface area contributed by atoms with Gasteiger partial charge in [0.2, 0.25) is 5.95 Å². The normalized spacial score (nSPS) is 18.1. The molecule has 0 saturated heterocycles. The van der Waals surface area contributed by atoms with Crippen LogP contribution in [0.3, 0.4) is 0 Å². The predicted molar refractivity (Wildman–Crippen MR) is 106 cm³/mol. The molecule has 3 aromatic heterocycles. The number of H-pyrrole nitrogens is 2. The molecular weight excluding hydrogens is 389 g/mol. The van der Waals surface area contributed by atoms with E-state index in [0.29, 0.717) is 11.1 Å². The Morgan fingerprint density at radius 2 is 2.17 bits per heavy atom. The van der Waals surface area contributed by atoms with Crippen LogP contribution in [-0.4, -0.2) is 30.3 Å². The highest BCUT2D eigenvalue weighted by Crippen LogP contribution is 2.53.